The fourth-order valence-corrected chi connectivity index (χ4v) is 1.59. The van der Waals surface area contributed by atoms with Crippen molar-refractivity contribution >= 4 is 12.2 Å². The van der Waals surface area contributed by atoms with Gasteiger partial charge in [-0.3, -0.25) is 4.79 Å². The standard InChI is InChI=1S/C10H13N3O/c1-2-7-13-10(14)8-5-3-4-6-9(8)11-12-13/h5-6H,2-4,7H2,1H3. The Bertz CT molecular complexity index is 501. The average Bonchev–Trinajstić information content (AvgIpc) is 2.23. The molecule has 0 radical (unpaired) electrons. The molecule has 1 aromatic heterocycles. The van der Waals surface area contributed by atoms with Gasteiger partial charge in [0.05, 0.1) is 10.6 Å². The van der Waals surface area contributed by atoms with E-state index >= 15 is 0 Å². The lowest BCUT2D eigenvalue weighted by molar-refractivity contribution is 0.521. The zero-order valence-corrected chi connectivity index (χ0v) is 8.23. The number of rotatable bonds is 2. The third kappa shape index (κ3) is 1.47. The first kappa shape index (κ1) is 9.12. The molecule has 0 atom stereocenters. The first-order valence-electron chi connectivity index (χ1n) is 4.97. The molecule has 0 aliphatic heterocycles. The molecule has 0 fully saturated rings. The Hall–Kier alpha value is -1.45. The molecule has 1 aliphatic carbocycles. The quantitative estimate of drug-likeness (QED) is 0.627. The summed E-state index contributed by atoms with van der Waals surface area (Å²) >= 11 is 0. The van der Waals surface area contributed by atoms with Crippen LogP contribution in [0.3, 0.4) is 0 Å². The molecular formula is C10H13N3O. The number of hydrogen-bond acceptors (Lipinski definition) is 3. The number of fused-ring (bicyclic) bond motifs is 1. The van der Waals surface area contributed by atoms with Crippen LogP contribution >= 0.6 is 0 Å². The van der Waals surface area contributed by atoms with Gasteiger partial charge in [0.15, 0.2) is 0 Å². The summed E-state index contributed by atoms with van der Waals surface area (Å²) in [5, 5.41) is 9.38. The summed E-state index contributed by atoms with van der Waals surface area (Å²) < 4.78 is 1.44. The fraction of sp³-hybridized carbons (Fsp3) is 0.500. The minimum Gasteiger partial charge on any atom is -0.267 e. The Kier molecular flexibility index (Phi) is 2.43. The van der Waals surface area contributed by atoms with Crippen molar-refractivity contribution in [3.05, 3.63) is 20.9 Å². The van der Waals surface area contributed by atoms with Crippen LogP contribution in [-0.2, 0) is 6.54 Å². The highest BCUT2D eigenvalue weighted by molar-refractivity contribution is 5.33. The molecule has 74 valence electrons. The first-order chi connectivity index (χ1) is 6.83. The van der Waals surface area contributed by atoms with E-state index in [2.05, 4.69) is 10.3 Å². The monoisotopic (exact) mass is 191 g/mol. The number of hydrogen-bond donors (Lipinski definition) is 0. The van der Waals surface area contributed by atoms with Gasteiger partial charge in [-0.25, -0.2) is 4.68 Å². The Labute approximate surface area is 81.6 Å². The van der Waals surface area contributed by atoms with E-state index in [9.17, 15) is 4.79 Å². The Balaban J connectivity index is 2.68. The molecule has 0 N–H and O–H groups in total. The lowest BCUT2D eigenvalue weighted by Crippen LogP contribution is -2.49. The minimum atomic E-state index is -0.00667. The van der Waals surface area contributed by atoms with Crippen molar-refractivity contribution in [3.8, 4) is 0 Å². The number of nitrogens with zero attached hydrogens (tertiary/aromatic N) is 3. The summed E-state index contributed by atoms with van der Waals surface area (Å²) in [5.74, 6) is 0. The van der Waals surface area contributed by atoms with Crippen LogP contribution in [0.1, 0.15) is 26.2 Å². The van der Waals surface area contributed by atoms with Crippen molar-refractivity contribution in [1.82, 2.24) is 15.0 Å². The van der Waals surface area contributed by atoms with Gasteiger partial charge < -0.3 is 0 Å². The van der Waals surface area contributed by atoms with Gasteiger partial charge in [0, 0.05) is 6.54 Å². The van der Waals surface area contributed by atoms with E-state index in [0.717, 1.165) is 29.8 Å². The summed E-state index contributed by atoms with van der Waals surface area (Å²) in [4.78, 5) is 11.8. The second-order valence-corrected chi connectivity index (χ2v) is 3.40. The van der Waals surface area contributed by atoms with Gasteiger partial charge in [0.2, 0.25) is 0 Å². The zero-order valence-electron chi connectivity index (χ0n) is 8.23. The van der Waals surface area contributed by atoms with Crippen LogP contribution in [0.2, 0.25) is 0 Å². The molecule has 0 amide bonds. The molecule has 0 unspecified atom stereocenters. The molecule has 0 spiro atoms. The van der Waals surface area contributed by atoms with E-state index in [0.29, 0.717) is 6.54 Å². The third-order valence-electron chi connectivity index (χ3n) is 2.29. The highest BCUT2D eigenvalue weighted by Crippen LogP contribution is 1.91. The van der Waals surface area contributed by atoms with Crippen LogP contribution in [-0.4, -0.2) is 15.0 Å². The first-order valence-corrected chi connectivity index (χ1v) is 4.97. The molecular weight excluding hydrogens is 178 g/mol. The van der Waals surface area contributed by atoms with E-state index in [4.69, 9.17) is 0 Å². The van der Waals surface area contributed by atoms with Gasteiger partial charge in [0.1, 0.15) is 0 Å². The van der Waals surface area contributed by atoms with Gasteiger partial charge in [0.25, 0.3) is 5.56 Å². The van der Waals surface area contributed by atoms with Gasteiger partial charge in [-0.05, 0) is 19.3 Å². The van der Waals surface area contributed by atoms with Crippen LogP contribution in [0.25, 0.3) is 12.2 Å². The zero-order chi connectivity index (χ0) is 9.97. The maximum absolute atomic E-state index is 11.8. The third-order valence-corrected chi connectivity index (χ3v) is 2.29. The van der Waals surface area contributed by atoms with Crippen LogP contribution < -0.4 is 16.1 Å². The van der Waals surface area contributed by atoms with Crippen molar-refractivity contribution in [2.75, 3.05) is 0 Å². The largest absolute Gasteiger partial charge is 0.277 e. The molecule has 0 aromatic carbocycles. The normalized spacial score (nSPS) is 14.1. The van der Waals surface area contributed by atoms with E-state index in [1.165, 1.54) is 4.68 Å². The predicted octanol–water partition coefficient (Wildman–Crippen LogP) is -0.597. The molecule has 1 aromatic rings. The summed E-state index contributed by atoms with van der Waals surface area (Å²) in [6.07, 6.45) is 6.72. The Morgan fingerprint density at radius 1 is 1.43 bits per heavy atom. The molecule has 4 heteroatoms. The van der Waals surface area contributed by atoms with Crippen molar-refractivity contribution in [3.63, 3.8) is 0 Å². The van der Waals surface area contributed by atoms with Crippen molar-refractivity contribution in [2.45, 2.75) is 32.7 Å². The summed E-state index contributed by atoms with van der Waals surface area (Å²) in [6, 6.07) is 0. The van der Waals surface area contributed by atoms with Crippen molar-refractivity contribution in [2.24, 2.45) is 0 Å². The van der Waals surface area contributed by atoms with E-state index in [1.54, 1.807) is 0 Å². The smallest absolute Gasteiger partial charge is 0.267 e. The maximum atomic E-state index is 11.8. The SMILES string of the molecule is CCCn1nnc2c(c1=O)=CCCC=2. The Morgan fingerprint density at radius 3 is 3.00 bits per heavy atom. The van der Waals surface area contributed by atoms with Gasteiger partial charge in [-0.15, -0.1) is 5.10 Å². The van der Waals surface area contributed by atoms with Gasteiger partial charge >= 0.3 is 0 Å². The number of aromatic nitrogens is 3. The van der Waals surface area contributed by atoms with Crippen molar-refractivity contribution in [1.29, 1.82) is 0 Å². The molecule has 1 aliphatic rings. The predicted molar refractivity (Wildman–Crippen MR) is 54.0 cm³/mol. The van der Waals surface area contributed by atoms with Crippen LogP contribution in [0, 0.1) is 0 Å². The molecule has 4 nitrogen and oxygen atoms in total. The number of aryl methyl sites for hydroxylation is 1. The summed E-state index contributed by atoms with van der Waals surface area (Å²) in [5.41, 5.74) is -0.00667. The second kappa shape index (κ2) is 3.74. The molecule has 0 saturated heterocycles. The topological polar surface area (TPSA) is 47.8 Å². The Morgan fingerprint density at radius 2 is 2.21 bits per heavy atom. The van der Waals surface area contributed by atoms with E-state index < -0.39 is 0 Å². The summed E-state index contributed by atoms with van der Waals surface area (Å²) in [6.45, 7) is 2.66. The minimum absolute atomic E-state index is 0.00667. The van der Waals surface area contributed by atoms with Gasteiger partial charge in [-0.2, -0.15) is 0 Å². The molecule has 14 heavy (non-hydrogen) atoms. The lowest BCUT2D eigenvalue weighted by Gasteiger charge is -2.02. The average molecular weight is 191 g/mol. The van der Waals surface area contributed by atoms with E-state index in [-0.39, 0.29) is 5.56 Å². The van der Waals surface area contributed by atoms with Crippen molar-refractivity contribution < 1.29 is 0 Å². The lowest BCUT2D eigenvalue weighted by atomic mass is 10.2. The molecule has 2 rings (SSSR count). The maximum Gasteiger partial charge on any atom is 0.277 e. The van der Waals surface area contributed by atoms with Crippen LogP contribution in [0.15, 0.2) is 4.79 Å². The molecule has 0 saturated carbocycles. The summed E-state index contributed by atoms with van der Waals surface area (Å²) in [7, 11) is 0. The van der Waals surface area contributed by atoms with E-state index in [1.807, 2.05) is 19.1 Å². The highest BCUT2D eigenvalue weighted by Gasteiger charge is 2.02. The van der Waals surface area contributed by atoms with Crippen LogP contribution in [0.4, 0.5) is 0 Å². The second-order valence-electron chi connectivity index (χ2n) is 3.40. The van der Waals surface area contributed by atoms with Crippen LogP contribution in [0.5, 0.6) is 0 Å². The fourth-order valence-electron chi connectivity index (χ4n) is 1.59. The van der Waals surface area contributed by atoms with Gasteiger partial charge in [-0.1, -0.05) is 24.3 Å². The molecule has 0 bridgehead atoms. The highest BCUT2D eigenvalue weighted by atomic mass is 16.1. The molecule has 1 heterocycles.